The number of benzene rings is 1. The van der Waals surface area contributed by atoms with Crippen molar-refractivity contribution in [1.82, 2.24) is 14.8 Å². The van der Waals surface area contributed by atoms with E-state index in [0.717, 1.165) is 25.8 Å². The molecule has 14 heteroatoms. The normalized spacial score (nSPS) is 16.6. The zero-order chi connectivity index (χ0) is 29.6. The van der Waals surface area contributed by atoms with Crippen molar-refractivity contribution in [3.05, 3.63) is 62.9 Å². The average Bonchev–Trinajstić information content (AvgIpc) is 3.32. The van der Waals surface area contributed by atoms with Crippen LogP contribution in [0.25, 0.3) is 17.0 Å². The van der Waals surface area contributed by atoms with Crippen LogP contribution in [0.2, 0.25) is 0 Å². The number of nitrogens with two attached hydrogens (primary N) is 1. The largest absolute Gasteiger partial charge is 0.490 e. The minimum Gasteiger partial charge on any atom is -0.475 e. The number of alkyl halides is 3. The summed E-state index contributed by atoms with van der Waals surface area (Å²) >= 11 is 4.95. The van der Waals surface area contributed by atoms with E-state index < -0.39 is 24.3 Å². The first-order valence-corrected chi connectivity index (χ1v) is 13.5. The molecule has 2 atom stereocenters. The summed E-state index contributed by atoms with van der Waals surface area (Å²) in [6.07, 6.45) is -0.547. The maximum absolute atomic E-state index is 13.4. The number of amides is 2. The highest BCUT2D eigenvalue weighted by molar-refractivity contribution is 9.10. The van der Waals surface area contributed by atoms with Crippen LogP contribution in [-0.4, -0.2) is 76.2 Å². The van der Waals surface area contributed by atoms with Crippen LogP contribution in [0.1, 0.15) is 17.4 Å². The van der Waals surface area contributed by atoms with Gasteiger partial charge in [-0.3, -0.25) is 14.6 Å². The third-order valence-corrected chi connectivity index (χ3v) is 7.70. The van der Waals surface area contributed by atoms with Crippen molar-refractivity contribution in [3.8, 4) is 0 Å². The van der Waals surface area contributed by atoms with Gasteiger partial charge in [-0.05, 0) is 52.7 Å². The zero-order valence-electron chi connectivity index (χ0n) is 21.4. The Morgan fingerprint density at radius 3 is 2.60 bits per heavy atom. The number of carbonyl (C=O) groups is 3. The monoisotopic (exact) mass is 642 g/mol. The molecule has 214 valence electrons. The first-order chi connectivity index (χ1) is 18.8. The molecule has 1 fully saturated rings. The van der Waals surface area contributed by atoms with Gasteiger partial charge in [-0.1, -0.05) is 12.1 Å². The summed E-state index contributed by atoms with van der Waals surface area (Å²) in [6, 6.07) is 8.86. The second-order valence-electron chi connectivity index (χ2n) is 8.73. The van der Waals surface area contributed by atoms with Crippen LogP contribution in [0.5, 0.6) is 0 Å². The van der Waals surface area contributed by atoms with Crippen LogP contribution < -0.4 is 5.73 Å². The number of carboxylic acid groups (broad SMARTS) is 1. The molecular weight excluding hydrogens is 617 g/mol. The number of piperazine rings is 1. The number of hydrogen-bond donors (Lipinski definition) is 2. The Labute approximate surface area is 240 Å². The minimum atomic E-state index is -5.08. The highest BCUT2D eigenvalue weighted by Crippen LogP contribution is 2.24. The number of fused-ring (bicyclic) bond motifs is 1. The van der Waals surface area contributed by atoms with Gasteiger partial charge in [0.05, 0.1) is 11.6 Å². The van der Waals surface area contributed by atoms with Crippen molar-refractivity contribution >= 4 is 67.7 Å². The number of aliphatic carboxylic acids is 1. The number of aromatic nitrogens is 1. The Morgan fingerprint density at radius 1 is 1.30 bits per heavy atom. The van der Waals surface area contributed by atoms with Gasteiger partial charge in [-0.25, -0.2) is 4.79 Å². The summed E-state index contributed by atoms with van der Waals surface area (Å²) < 4.78 is 38.2. The van der Waals surface area contributed by atoms with Crippen molar-refractivity contribution in [1.29, 1.82) is 0 Å². The second-order valence-corrected chi connectivity index (χ2v) is 10.6. The summed E-state index contributed by atoms with van der Waals surface area (Å²) in [6.45, 7) is 3.12. The number of methoxy groups -OCH3 is 1. The Balaban J connectivity index is 0.000000559. The first kappa shape index (κ1) is 31.0. The second kappa shape index (κ2) is 13.2. The zero-order valence-corrected chi connectivity index (χ0v) is 23.8. The molecule has 1 aliphatic heterocycles. The van der Waals surface area contributed by atoms with E-state index >= 15 is 0 Å². The number of carbonyl (C=O) groups excluding carboxylic acids is 2. The number of nitrogen functional groups attached to an aromatic ring is 1. The van der Waals surface area contributed by atoms with Gasteiger partial charge in [0, 0.05) is 64.8 Å². The molecule has 9 nitrogen and oxygen atoms in total. The number of pyridine rings is 1. The van der Waals surface area contributed by atoms with E-state index in [0.29, 0.717) is 25.3 Å². The number of thiophene rings is 1. The summed E-state index contributed by atoms with van der Waals surface area (Å²) in [7, 11) is 1.55. The molecule has 0 aliphatic carbocycles. The number of ether oxygens (including phenoxy) is 1. The van der Waals surface area contributed by atoms with Crippen LogP contribution in [0.3, 0.4) is 0 Å². The SMILES string of the molecule is CO[C@@H](C)C1C(=O)N(Cc2ccc3c(N)ccnc3c2)CCN1C(=O)/C=C/c1cc(Br)cs1.O=C(O)C(F)(F)F. The Kier molecular flexibility index (Phi) is 10.3. The van der Waals surface area contributed by atoms with Gasteiger partial charge in [0.25, 0.3) is 0 Å². The molecule has 0 radical (unpaired) electrons. The van der Waals surface area contributed by atoms with Crippen molar-refractivity contribution in [2.24, 2.45) is 0 Å². The fraction of sp³-hybridized carbons (Fsp3) is 0.308. The van der Waals surface area contributed by atoms with E-state index in [-0.39, 0.29) is 11.8 Å². The molecule has 3 aromatic rings. The maximum atomic E-state index is 13.4. The summed E-state index contributed by atoms with van der Waals surface area (Å²) in [4.78, 5) is 44.0. The number of rotatable bonds is 6. The predicted octanol–water partition coefficient (Wildman–Crippen LogP) is 4.56. The van der Waals surface area contributed by atoms with Gasteiger partial charge in [0.1, 0.15) is 6.04 Å². The molecular formula is C26H26BrF3N4O5S. The number of carboxylic acids is 1. The fourth-order valence-corrected chi connectivity index (χ4v) is 5.32. The van der Waals surface area contributed by atoms with Crippen LogP contribution in [-0.2, 0) is 25.7 Å². The summed E-state index contributed by atoms with van der Waals surface area (Å²) in [5.41, 5.74) is 8.45. The molecule has 3 N–H and O–H groups in total. The number of halogens is 4. The van der Waals surface area contributed by atoms with E-state index in [1.54, 1.807) is 35.2 Å². The lowest BCUT2D eigenvalue weighted by Gasteiger charge is -2.42. The van der Waals surface area contributed by atoms with Gasteiger partial charge in [-0.15, -0.1) is 11.3 Å². The van der Waals surface area contributed by atoms with Gasteiger partial charge in [0.2, 0.25) is 11.8 Å². The maximum Gasteiger partial charge on any atom is 0.490 e. The molecule has 0 spiro atoms. The molecule has 3 heterocycles. The summed E-state index contributed by atoms with van der Waals surface area (Å²) in [5.74, 6) is -3.09. The van der Waals surface area contributed by atoms with Crippen LogP contribution in [0.15, 0.2) is 52.5 Å². The molecule has 4 rings (SSSR count). The lowest BCUT2D eigenvalue weighted by Crippen LogP contribution is -2.62. The topological polar surface area (TPSA) is 126 Å². The number of hydrogen-bond acceptors (Lipinski definition) is 7. The van der Waals surface area contributed by atoms with E-state index in [2.05, 4.69) is 20.9 Å². The molecule has 1 aromatic carbocycles. The van der Waals surface area contributed by atoms with Gasteiger partial charge >= 0.3 is 12.1 Å². The van der Waals surface area contributed by atoms with Crippen molar-refractivity contribution in [2.75, 3.05) is 25.9 Å². The lowest BCUT2D eigenvalue weighted by atomic mass is 10.0. The quantitative estimate of drug-likeness (QED) is 0.378. The molecule has 40 heavy (non-hydrogen) atoms. The highest BCUT2D eigenvalue weighted by Gasteiger charge is 2.40. The minimum absolute atomic E-state index is 0.128. The van der Waals surface area contributed by atoms with Crippen molar-refractivity contribution in [2.45, 2.75) is 31.8 Å². The smallest absolute Gasteiger partial charge is 0.475 e. The van der Waals surface area contributed by atoms with E-state index in [4.69, 9.17) is 20.4 Å². The predicted molar refractivity (Wildman–Crippen MR) is 148 cm³/mol. The summed E-state index contributed by atoms with van der Waals surface area (Å²) in [5, 5.41) is 9.97. The number of anilines is 1. The molecule has 0 saturated carbocycles. The lowest BCUT2D eigenvalue weighted by molar-refractivity contribution is -0.192. The van der Waals surface area contributed by atoms with E-state index in [1.165, 1.54) is 17.4 Å². The molecule has 2 aromatic heterocycles. The van der Waals surface area contributed by atoms with Crippen molar-refractivity contribution in [3.63, 3.8) is 0 Å². The Hall–Kier alpha value is -3.49. The molecule has 1 saturated heterocycles. The van der Waals surface area contributed by atoms with E-state index in [1.807, 2.05) is 36.6 Å². The van der Waals surface area contributed by atoms with Gasteiger partial charge in [0.15, 0.2) is 0 Å². The fourth-order valence-electron chi connectivity index (χ4n) is 3.98. The Bertz CT molecular complexity index is 1410. The number of nitrogens with zero attached hydrogens (tertiary/aromatic N) is 3. The molecule has 2 amide bonds. The third-order valence-electron chi connectivity index (χ3n) is 6.05. The standard InChI is InChI=1S/C24H25BrN4O3S.C2HF3O2/c1-15(32-2)23-24(31)28(13-16-3-5-19-20(26)7-8-27-21(19)11-16)9-10-29(23)22(30)6-4-18-12-17(25)14-33-18;3-2(4,5)1(6)7/h3-8,11-12,14-15,23H,9-10,13H2,1-2H3,(H2,26,27);(H,6,7)/b6-4+;/t15-,23?;/m0./s1. The van der Waals surface area contributed by atoms with Crippen LogP contribution >= 0.6 is 27.3 Å². The Morgan fingerprint density at radius 2 is 2.00 bits per heavy atom. The third kappa shape index (κ3) is 7.79. The molecule has 1 aliphatic rings. The molecule has 0 bridgehead atoms. The van der Waals surface area contributed by atoms with Crippen LogP contribution in [0, 0.1) is 0 Å². The highest BCUT2D eigenvalue weighted by atomic mass is 79.9. The van der Waals surface area contributed by atoms with Crippen LogP contribution in [0.4, 0.5) is 18.9 Å². The van der Waals surface area contributed by atoms with Crippen molar-refractivity contribution < 1.29 is 37.4 Å². The molecule has 1 unspecified atom stereocenters. The van der Waals surface area contributed by atoms with E-state index in [9.17, 15) is 22.8 Å². The van der Waals surface area contributed by atoms with Gasteiger partial charge in [-0.2, -0.15) is 13.2 Å². The van der Waals surface area contributed by atoms with Gasteiger partial charge < -0.3 is 25.4 Å². The average molecular weight is 643 g/mol. The first-order valence-electron chi connectivity index (χ1n) is 11.8.